The minimum atomic E-state index is -0.288. The molecule has 0 aliphatic rings. The van der Waals surface area contributed by atoms with Gasteiger partial charge in [0.1, 0.15) is 5.82 Å². The number of anilines is 1. The zero-order valence-corrected chi connectivity index (χ0v) is 9.60. The van der Waals surface area contributed by atoms with Crippen molar-refractivity contribution in [2.75, 3.05) is 11.9 Å². The largest absolute Gasteiger partial charge is 0.353 e. The first-order chi connectivity index (χ1) is 8.79. The third-order valence-electron chi connectivity index (χ3n) is 2.33. The molecule has 0 aliphatic heterocycles. The van der Waals surface area contributed by atoms with Crippen LogP contribution in [0.1, 0.15) is 6.42 Å². The van der Waals surface area contributed by atoms with E-state index in [1.165, 1.54) is 12.1 Å². The topological polar surface area (TPSA) is 61.6 Å². The lowest BCUT2D eigenvalue weighted by Gasteiger charge is -2.04. The summed E-state index contributed by atoms with van der Waals surface area (Å²) >= 11 is 0. The van der Waals surface area contributed by atoms with Crippen LogP contribution in [0.25, 0.3) is 11.1 Å². The Morgan fingerprint density at radius 2 is 2.00 bits per heavy atom. The first kappa shape index (κ1) is 12.0. The summed E-state index contributed by atoms with van der Waals surface area (Å²) < 4.78 is 13.1. The van der Waals surface area contributed by atoms with Crippen molar-refractivity contribution < 1.29 is 4.39 Å². The Balaban J connectivity index is 2.10. The first-order valence-corrected chi connectivity index (χ1v) is 5.48. The maximum atomic E-state index is 13.1. The molecule has 90 valence electrons. The Hall–Kier alpha value is -2.48. The summed E-state index contributed by atoms with van der Waals surface area (Å²) in [5, 5.41) is 11.3. The monoisotopic (exact) mass is 242 g/mol. The summed E-state index contributed by atoms with van der Waals surface area (Å²) in [5.74, 6) is 0.175. The molecule has 0 unspecified atom stereocenters. The van der Waals surface area contributed by atoms with E-state index in [4.69, 9.17) is 5.26 Å². The lowest BCUT2D eigenvalue weighted by atomic mass is 10.1. The van der Waals surface area contributed by atoms with Crippen molar-refractivity contribution in [1.29, 1.82) is 5.26 Å². The predicted octanol–water partition coefficient (Wildman–Crippen LogP) is 2.61. The maximum Gasteiger partial charge on any atom is 0.222 e. The number of nitrogens with zero attached hydrogens (tertiary/aromatic N) is 3. The molecular weight excluding hydrogens is 231 g/mol. The predicted molar refractivity (Wildman–Crippen MR) is 66.1 cm³/mol. The normalized spacial score (nSPS) is 9.78. The Kier molecular flexibility index (Phi) is 3.82. The van der Waals surface area contributed by atoms with E-state index in [-0.39, 0.29) is 5.82 Å². The Morgan fingerprint density at radius 1 is 1.22 bits per heavy atom. The fourth-order valence-corrected chi connectivity index (χ4v) is 1.47. The number of rotatable bonds is 4. The van der Waals surface area contributed by atoms with E-state index in [9.17, 15) is 4.39 Å². The van der Waals surface area contributed by atoms with Crippen molar-refractivity contribution in [3.05, 3.63) is 42.5 Å². The van der Waals surface area contributed by atoms with Gasteiger partial charge in [0.05, 0.1) is 12.5 Å². The average Bonchev–Trinajstić information content (AvgIpc) is 2.40. The third-order valence-corrected chi connectivity index (χ3v) is 2.33. The highest BCUT2D eigenvalue weighted by Crippen LogP contribution is 2.18. The van der Waals surface area contributed by atoms with Crippen LogP contribution in [-0.2, 0) is 0 Å². The maximum absolute atomic E-state index is 13.1. The minimum Gasteiger partial charge on any atom is -0.353 e. The zero-order chi connectivity index (χ0) is 12.8. The average molecular weight is 242 g/mol. The molecule has 0 radical (unpaired) electrons. The number of nitrogens with one attached hydrogen (secondary N) is 1. The molecule has 1 N–H and O–H groups in total. The van der Waals surface area contributed by atoms with Crippen LogP contribution >= 0.6 is 0 Å². The Labute approximate surface area is 104 Å². The minimum absolute atomic E-state index is 0.288. The molecule has 0 amide bonds. The van der Waals surface area contributed by atoms with Gasteiger partial charge in [-0.15, -0.1) is 0 Å². The molecule has 1 heterocycles. The van der Waals surface area contributed by atoms with Crippen molar-refractivity contribution in [3.63, 3.8) is 0 Å². The molecule has 0 saturated heterocycles. The van der Waals surface area contributed by atoms with Gasteiger partial charge >= 0.3 is 0 Å². The number of aromatic nitrogens is 2. The summed E-state index contributed by atoms with van der Waals surface area (Å²) in [6.45, 7) is 0.510. The second kappa shape index (κ2) is 5.73. The van der Waals surface area contributed by atoms with E-state index >= 15 is 0 Å². The van der Waals surface area contributed by atoms with Gasteiger partial charge in [-0.1, -0.05) is 12.1 Å². The second-order valence-corrected chi connectivity index (χ2v) is 3.64. The fourth-order valence-electron chi connectivity index (χ4n) is 1.47. The quantitative estimate of drug-likeness (QED) is 0.837. The highest BCUT2D eigenvalue weighted by molar-refractivity contribution is 5.61. The summed E-state index contributed by atoms with van der Waals surface area (Å²) in [5.41, 5.74) is 1.49. The van der Waals surface area contributed by atoms with Gasteiger partial charge in [0, 0.05) is 24.5 Å². The van der Waals surface area contributed by atoms with Crippen molar-refractivity contribution >= 4 is 5.95 Å². The molecule has 2 aromatic rings. The van der Waals surface area contributed by atoms with E-state index in [1.54, 1.807) is 24.5 Å². The van der Waals surface area contributed by atoms with Crippen LogP contribution < -0.4 is 5.32 Å². The van der Waals surface area contributed by atoms with Gasteiger partial charge in [-0.3, -0.25) is 0 Å². The van der Waals surface area contributed by atoms with Crippen LogP contribution in [-0.4, -0.2) is 16.5 Å². The number of hydrogen-bond donors (Lipinski definition) is 1. The molecule has 1 aromatic carbocycles. The molecule has 0 aliphatic carbocycles. The summed E-state index contributed by atoms with van der Waals surface area (Å²) in [6, 6.07) is 8.28. The summed E-state index contributed by atoms with van der Waals surface area (Å²) in [6.07, 6.45) is 3.64. The molecular formula is C13H11FN4. The smallest absolute Gasteiger partial charge is 0.222 e. The van der Waals surface area contributed by atoms with Crippen molar-refractivity contribution in [2.24, 2.45) is 0 Å². The third kappa shape index (κ3) is 3.01. The van der Waals surface area contributed by atoms with E-state index in [0.29, 0.717) is 18.9 Å². The van der Waals surface area contributed by atoms with Crippen LogP contribution in [0.2, 0.25) is 0 Å². The molecule has 5 heteroatoms. The van der Waals surface area contributed by atoms with E-state index in [0.717, 1.165) is 11.1 Å². The molecule has 0 saturated carbocycles. The van der Waals surface area contributed by atoms with Gasteiger partial charge in [0.25, 0.3) is 0 Å². The molecule has 18 heavy (non-hydrogen) atoms. The molecule has 0 bridgehead atoms. The van der Waals surface area contributed by atoms with Crippen LogP contribution in [0.15, 0.2) is 36.7 Å². The van der Waals surface area contributed by atoms with Gasteiger partial charge < -0.3 is 5.32 Å². The van der Waals surface area contributed by atoms with Crippen molar-refractivity contribution in [3.8, 4) is 17.2 Å². The van der Waals surface area contributed by atoms with Crippen LogP contribution in [0.5, 0.6) is 0 Å². The number of nitriles is 1. The van der Waals surface area contributed by atoms with Crippen molar-refractivity contribution in [1.82, 2.24) is 9.97 Å². The molecule has 4 nitrogen and oxygen atoms in total. The highest BCUT2D eigenvalue weighted by Gasteiger charge is 2.01. The fraction of sp³-hybridized carbons (Fsp3) is 0.154. The standard InChI is InChI=1S/C13H11FN4/c14-12-4-1-3-10(7-12)11-8-17-13(18-9-11)16-6-2-5-15/h1,3-4,7-9H,2,6H2,(H,16,17,18). The van der Waals surface area contributed by atoms with E-state index in [2.05, 4.69) is 15.3 Å². The summed E-state index contributed by atoms with van der Waals surface area (Å²) in [4.78, 5) is 8.20. The first-order valence-electron chi connectivity index (χ1n) is 5.48. The molecule has 2 rings (SSSR count). The van der Waals surface area contributed by atoms with Crippen LogP contribution in [0.4, 0.5) is 10.3 Å². The molecule has 1 aromatic heterocycles. The van der Waals surface area contributed by atoms with Crippen molar-refractivity contribution in [2.45, 2.75) is 6.42 Å². The molecule has 0 atom stereocenters. The summed E-state index contributed by atoms with van der Waals surface area (Å²) in [7, 11) is 0. The van der Waals surface area contributed by atoms with Gasteiger partial charge in [0.15, 0.2) is 0 Å². The van der Waals surface area contributed by atoms with Gasteiger partial charge in [0.2, 0.25) is 5.95 Å². The Bertz CT molecular complexity index is 560. The lowest BCUT2D eigenvalue weighted by molar-refractivity contribution is 0.628. The number of hydrogen-bond acceptors (Lipinski definition) is 4. The van der Waals surface area contributed by atoms with E-state index < -0.39 is 0 Å². The van der Waals surface area contributed by atoms with Gasteiger partial charge in [-0.25, -0.2) is 14.4 Å². The molecule has 0 spiro atoms. The highest BCUT2D eigenvalue weighted by atomic mass is 19.1. The van der Waals surface area contributed by atoms with E-state index in [1.807, 2.05) is 6.07 Å². The lowest BCUT2D eigenvalue weighted by Crippen LogP contribution is -2.04. The zero-order valence-electron chi connectivity index (χ0n) is 9.60. The van der Waals surface area contributed by atoms with Gasteiger partial charge in [-0.2, -0.15) is 5.26 Å². The Morgan fingerprint density at radius 3 is 2.67 bits per heavy atom. The molecule has 0 fully saturated rings. The van der Waals surface area contributed by atoms with Gasteiger partial charge in [-0.05, 0) is 17.7 Å². The number of benzene rings is 1. The number of halogens is 1. The second-order valence-electron chi connectivity index (χ2n) is 3.64. The van der Waals surface area contributed by atoms with Crippen LogP contribution in [0, 0.1) is 17.1 Å². The van der Waals surface area contributed by atoms with Crippen LogP contribution in [0.3, 0.4) is 0 Å². The SMILES string of the molecule is N#CCCNc1ncc(-c2cccc(F)c2)cn1.